The van der Waals surface area contributed by atoms with Crippen molar-refractivity contribution in [1.29, 1.82) is 0 Å². The van der Waals surface area contributed by atoms with Crippen molar-refractivity contribution in [2.75, 3.05) is 11.5 Å². The summed E-state index contributed by atoms with van der Waals surface area (Å²) < 4.78 is 19.1. The second kappa shape index (κ2) is 7.58. The van der Waals surface area contributed by atoms with Crippen LogP contribution in [0.15, 0.2) is 59.8 Å². The highest BCUT2D eigenvalue weighted by Crippen LogP contribution is 2.45. The van der Waals surface area contributed by atoms with Crippen LogP contribution in [0.5, 0.6) is 5.75 Å². The minimum absolute atomic E-state index is 0.0807. The Kier molecular flexibility index (Phi) is 4.99. The second-order valence-corrected chi connectivity index (χ2v) is 7.07. The van der Waals surface area contributed by atoms with Gasteiger partial charge in [-0.3, -0.25) is 14.5 Å². The lowest BCUT2D eigenvalue weighted by Gasteiger charge is -2.38. The molecule has 1 unspecified atom stereocenters. The predicted molar refractivity (Wildman–Crippen MR) is 105 cm³/mol. The van der Waals surface area contributed by atoms with Crippen LogP contribution in [0.3, 0.4) is 0 Å². The van der Waals surface area contributed by atoms with Crippen molar-refractivity contribution in [3.8, 4) is 5.75 Å². The molecular formula is C23H22FNO3. The van der Waals surface area contributed by atoms with E-state index in [9.17, 15) is 14.0 Å². The minimum Gasteiger partial charge on any atom is -0.494 e. The van der Waals surface area contributed by atoms with Gasteiger partial charge in [-0.05, 0) is 50.1 Å². The van der Waals surface area contributed by atoms with Crippen LogP contribution in [0, 0.1) is 5.82 Å². The molecule has 1 aliphatic heterocycles. The number of carbonyl (C=O) groups excluding carboxylic acids is 2. The molecule has 4 nitrogen and oxygen atoms in total. The fourth-order valence-electron chi connectivity index (χ4n) is 4.20. The van der Waals surface area contributed by atoms with Gasteiger partial charge in [-0.1, -0.05) is 18.2 Å². The highest BCUT2D eigenvalue weighted by atomic mass is 19.1. The summed E-state index contributed by atoms with van der Waals surface area (Å²) in [6.07, 6.45) is 2.03. The third-order valence-electron chi connectivity index (χ3n) is 5.35. The Morgan fingerprint density at radius 2 is 1.82 bits per heavy atom. The molecule has 0 fully saturated rings. The number of rotatable bonds is 4. The molecule has 1 atom stereocenters. The molecule has 0 aromatic heterocycles. The first-order valence-corrected chi connectivity index (χ1v) is 9.66. The normalized spacial score (nSPS) is 19.6. The number of allylic oxidation sites excluding steroid dienone is 2. The zero-order chi connectivity index (χ0) is 19.7. The summed E-state index contributed by atoms with van der Waals surface area (Å²) in [5.74, 6) is 0.0391. The smallest absolute Gasteiger partial charge is 0.232 e. The van der Waals surface area contributed by atoms with E-state index in [-0.39, 0.29) is 29.8 Å². The largest absolute Gasteiger partial charge is 0.494 e. The first kappa shape index (κ1) is 18.4. The second-order valence-electron chi connectivity index (χ2n) is 7.07. The number of anilines is 1. The van der Waals surface area contributed by atoms with E-state index in [4.69, 9.17) is 4.74 Å². The summed E-state index contributed by atoms with van der Waals surface area (Å²) in [7, 11) is 0. The molecule has 0 saturated carbocycles. The fraction of sp³-hybridized carbons (Fsp3) is 0.304. The van der Waals surface area contributed by atoms with E-state index in [0.29, 0.717) is 42.9 Å². The van der Waals surface area contributed by atoms with Crippen LogP contribution < -0.4 is 9.64 Å². The number of Topliss-reactive ketones (excluding diaryl/α,β-unsaturated/α-hetero) is 1. The summed E-state index contributed by atoms with van der Waals surface area (Å²) in [6.45, 7) is 2.43. The molecular weight excluding hydrogens is 357 g/mol. The van der Waals surface area contributed by atoms with E-state index in [2.05, 4.69) is 0 Å². The van der Waals surface area contributed by atoms with E-state index in [0.717, 1.165) is 11.3 Å². The van der Waals surface area contributed by atoms with Gasteiger partial charge in [0.2, 0.25) is 5.91 Å². The number of halogens is 1. The van der Waals surface area contributed by atoms with Gasteiger partial charge in [0, 0.05) is 41.3 Å². The predicted octanol–water partition coefficient (Wildman–Crippen LogP) is 4.75. The van der Waals surface area contributed by atoms with Crippen LogP contribution in [-0.4, -0.2) is 18.3 Å². The maximum atomic E-state index is 13.4. The van der Waals surface area contributed by atoms with E-state index < -0.39 is 0 Å². The molecule has 0 N–H and O–H groups in total. The number of nitrogens with zero attached hydrogens (tertiary/aromatic N) is 1. The Hall–Kier alpha value is -2.95. The molecule has 2 aromatic carbocycles. The topological polar surface area (TPSA) is 46.6 Å². The number of para-hydroxylation sites is 1. The molecule has 4 rings (SSSR count). The highest BCUT2D eigenvalue weighted by Gasteiger charge is 2.40. The van der Waals surface area contributed by atoms with Crippen LogP contribution in [-0.2, 0) is 9.59 Å². The first-order valence-electron chi connectivity index (χ1n) is 9.66. The maximum absolute atomic E-state index is 13.4. The summed E-state index contributed by atoms with van der Waals surface area (Å²) in [5, 5.41) is 0. The van der Waals surface area contributed by atoms with E-state index in [1.807, 2.05) is 31.2 Å². The molecule has 1 amide bonds. The van der Waals surface area contributed by atoms with Crippen molar-refractivity contribution < 1.29 is 18.7 Å². The van der Waals surface area contributed by atoms with Gasteiger partial charge in [0.15, 0.2) is 5.78 Å². The SMILES string of the molecule is CCOc1ccccc1C1CC(=O)N(c2ccc(F)cc2)C2=C1C(=O)CCC2. The Labute approximate surface area is 163 Å². The van der Waals surface area contributed by atoms with Crippen molar-refractivity contribution in [3.63, 3.8) is 0 Å². The standard InChI is InChI=1S/C23H22FNO3/c1-2-28-21-9-4-3-6-17(21)18-14-22(27)25(16-12-10-15(24)11-13-16)19-7-5-8-20(26)23(18)19/h3-4,6,9-13,18H,2,5,7-8,14H2,1H3. The van der Waals surface area contributed by atoms with Gasteiger partial charge in [0.1, 0.15) is 11.6 Å². The number of ether oxygens (including phenoxy) is 1. The van der Waals surface area contributed by atoms with Crippen LogP contribution in [0.2, 0.25) is 0 Å². The average Bonchev–Trinajstić information content (AvgIpc) is 2.69. The third-order valence-corrected chi connectivity index (χ3v) is 5.35. The van der Waals surface area contributed by atoms with Crippen molar-refractivity contribution in [2.24, 2.45) is 0 Å². The number of amides is 1. The van der Waals surface area contributed by atoms with Crippen LogP contribution in [0.4, 0.5) is 10.1 Å². The first-order chi connectivity index (χ1) is 13.6. The molecule has 0 radical (unpaired) electrons. The van der Waals surface area contributed by atoms with Gasteiger partial charge in [-0.2, -0.15) is 0 Å². The van der Waals surface area contributed by atoms with Gasteiger partial charge in [0.05, 0.1) is 6.61 Å². The molecule has 1 heterocycles. The minimum atomic E-state index is -0.356. The zero-order valence-electron chi connectivity index (χ0n) is 15.8. The van der Waals surface area contributed by atoms with Crippen molar-refractivity contribution in [2.45, 2.75) is 38.5 Å². The zero-order valence-corrected chi connectivity index (χ0v) is 15.8. The Bertz CT molecular complexity index is 949. The lowest BCUT2D eigenvalue weighted by atomic mass is 9.77. The maximum Gasteiger partial charge on any atom is 0.232 e. The highest BCUT2D eigenvalue weighted by molar-refractivity contribution is 6.07. The number of carbonyl (C=O) groups is 2. The molecule has 5 heteroatoms. The lowest BCUT2D eigenvalue weighted by Crippen LogP contribution is -2.40. The molecule has 0 saturated heterocycles. The quantitative estimate of drug-likeness (QED) is 0.770. The Balaban J connectivity index is 1.85. The fourth-order valence-corrected chi connectivity index (χ4v) is 4.20. The van der Waals surface area contributed by atoms with Crippen molar-refractivity contribution in [3.05, 3.63) is 71.2 Å². The summed E-state index contributed by atoms with van der Waals surface area (Å²) in [6, 6.07) is 13.5. The average molecular weight is 379 g/mol. The summed E-state index contributed by atoms with van der Waals surface area (Å²) >= 11 is 0. The van der Waals surface area contributed by atoms with Gasteiger partial charge < -0.3 is 4.74 Å². The monoisotopic (exact) mass is 379 g/mol. The lowest BCUT2D eigenvalue weighted by molar-refractivity contribution is -0.119. The van der Waals surface area contributed by atoms with Gasteiger partial charge in [-0.15, -0.1) is 0 Å². The summed E-state index contributed by atoms with van der Waals surface area (Å²) in [5.41, 5.74) is 2.92. The van der Waals surface area contributed by atoms with Crippen molar-refractivity contribution in [1.82, 2.24) is 0 Å². The van der Waals surface area contributed by atoms with Gasteiger partial charge >= 0.3 is 0 Å². The van der Waals surface area contributed by atoms with Gasteiger partial charge in [-0.25, -0.2) is 4.39 Å². The number of ketones is 1. The number of hydrogen-bond donors (Lipinski definition) is 0. The summed E-state index contributed by atoms with van der Waals surface area (Å²) in [4.78, 5) is 27.7. The molecule has 0 spiro atoms. The molecule has 28 heavy (non-hydrogen) atoms. The molecule has 1 aliphatic carbocycles. The van der Waals surface area contributed by atoms with E-state index >= 15 is 0 Å². The van der Waals surface area contributed by atoms with Crippen molar-refractivity contribution >= 4 is 17.4 Å². The van der Waals surface area contributed by atoms with Crippen LogP contribution >= 0.6 is 0 Å². The molecule has 0 bridgehead atoms. The number of hydrogen-bond acceptors (Lipinski definition) is 3. The van der Waals surface area contributed by atoms with E-state index in [1.54, 1.807) is 17.0 Å². The van der Waals surface area contributed by atoms with Gasteiger partial charge in [0.25, 0.3) is 0 Å². The number of benzene rings is 2. The molecule has 144 valence electrons. The van der Waals surface area contributed by atoms with E-state index in [1.165, 1.54) is 12.1 Å². The Morgan fingerprint density at radius 3 is 2.57 bits per heavy atom. The molecule has 2 aromatic rings. The third kappa shape index (κ3) is 3.21. The molecule has 2 aliphatic rings. The van der Waals surface area contributed by atoms with Crippen LogP contribution in [0.25, 0.3) is 0 Å². The Morgan fingerprint density at radius 1 is 1.07 bits per heavy atom. The van der Waals surface area contributed by atoms with Crippen LogP contribution in [0.1, 0.15) is 44.1 Å².